The molecule has 1 aromatic rings. The van der Waals surface area contributed by atoms with Gasteiger partial charge in [-0.1, -0.05) is 6.92 Å². The summed E-state index contributed by atoms with van der Waals surface area (Å²) in [5.74, 6) is 2.22. The second-order valence-electron chi connectivity index (χ2n) is 4.56. The van der Waals surface area contributed by atoms with Crippen LogP contribution >= 0.6 is 11.8 Å². The number of ether oxygens (including phenoxy) is 2. The van der Waals surface area contributed by atoms with Crippen LogP contribution in [0.1, 0.15) is 17.3 Å². The number of carbonyl (C=O) groups excluding carboxylic acids is 1. The van der Waals surface area contributed by atoms with E-state index in [-0.39, 0.29) is 5.91 Å². The van der Waals surface area contributed by atoms with Gasteiger partial charge >= 0.3 is 0 Å². The highest BCUT2D eigenvalue weighted by molar-refractivity contribution is 7.98. The molecule has 0 saturated heterocycles. The van der Waals surface area contributed by atoms with Crippen LogP contribution in [0.3, 0.4) is 0 Å². The van der Waals surface area contributed by atoms with Gasteiger partial charge in [-0.25, -0.2) is 0 Å². The van der Waals surface area contributed by atoms with Crippen molar-refractivity contribution >= 4 is 23.4 Å². The van der Waals surface area contributed by atoms with E-state index in [4.69, 9.17) is 15.2 Å². The van der Waals surface area contributed by atoms with E-state index >= 15 is 0 Å². The minimum Gasteiger partial charge on any atom is -0.493 e. The SMILES string of the molecule is COc1cc(N)c(C(=O)NCC(C)CSC)cc1OC. The second kappa shape index (κ2) is 7.89. The van der Waals surface area contributed by atoms with Crippen molar-refractivity contribution in [1.82, 2.24) is 5.32 Å². The van der Waals surface area contributed by atoms with Gasteiger partial charge in [0, 0.05) is 18.3 Å². The minimum atomic E-state index is -0.198. The lowest BCUT2D eigenvalue weighted by atomic mass is 10.1. The molecule has 0 bridgehead atoms. The zero-order chi connectivity index (χ0) is 15.1. The molecule has 1 amide bonds. The Morgan fingerprint density at radius 3 is 2.50 bits per heavy atom. The molecular formula is C14H22N2O3S. The van der Waals surface area contributed by atoms with Crippen molar-refractivity contribution in [2.24, 2.45) is 5.92 Å². The van der Waals surface area contributed by atoms with Gasteiger partial charge in [-0.3, -0.25) is 4.79 Å². The summed E-state index contributed by atoms with van der Waals surface area (Å²) in [4.78, 5) is 12.1. The first-order chi connectivity index (χ1) is 9.53. The Balaban J connectivity index is 2.82. The maximum Gasteiger partial charge on any atom is 0.253 e. The maximum atomic E-state index is 12.1. The van der Waals surface area contributed by atoms with Gasteiger partial charge in [0.25, 0.3) is 5.91 Å². The van der Waals surface area contributed by atoms with E-state index in [0.717, 1.165) is 5.75 Å². The summed E-state index contributed by atoms with van der Waals surface area (Å²) in [7, 11) is 3.05. The number of thioether (sulfide) groups is 1. The Morgan fingerprint density at radius 1 is 1.35 bits per heavy atom. The van der Waals surface area contributed by atoms with Gasteiger partial charge in [-0.05, 0) is 24.0 Å². The van der Waals surface area contributed by atoms with E-state index in [1.165, 1.54) is 14.2 Å². The van der Waals surface area contributed by atoms with Crippen LogP contribution in [0, 0.1) is 5.92 Å². The van der Waals surface area contributed by atoms with Crippen molar-refractivity contribution in [2.75, 3.05) is 38.5 Å². The molecule has 20 heavy (non-hydrogen) atoms. The molecule has 0 aliphatic heterocycles. The fourth-order valence-corrected chi connectivity index (χ4v) is 2.48. The number of hydrogen-bond donors (Lipinski definition) is 2. The van der Waals surface area contributed by atoms with Crippen LogP contribution < -0.4 is 20.5 Å². The number of nitrogens with one attached hydrogen (secondary N) is 1. The van der Waals surface area contributed by atoms with E-state index in [9.17, 15) is 4.79 Å². The van der Waals surface area contributed by atoms with Crippen LogP contribution in [-0.2, 0) is 0 Å². The van der Waals surface area contributed by atoms with Crippen molar-refractivity contribution in [1.29, 1.82) is 0 Å². The van der Waals surface area contributed by atoms with Crippen LogP contribution in [-0.4, -0.2) is 38.7 Å². The molecule has 112 valence electrons. The average molecular weight is 298 g/mol. The zero-order valence-electron chi connectivity index (χ0n) is 12.4. The number of carbonyl (C=O) groups is 1. The summed E-state index contributed by atoms with van der Waals surface area (Å²) in [6, 6.07) is 3.20. The summed E-state index contributed by atoms with van der Waals surface area (Å²) in [6.45, 7) is 2.71. The third kappa shape index (κ3) is 4.23. The Kier molecular flexibility index (Phi) is 6.51. The molecule has 5 nitrogen and oxygen atoms in total. The highest BCUT2D eigenvalue weighted by Crippen LogP contribution is 2.31. The third-order valence-corrected chi connectivity index (χ3v) is 3.76. The van der Waals surface area contributed by atoms with Crippen molar-refractivity contribution in [3.8, 4) is 11.5 Å². The quantitative estimate of drug-likeness (QED) is 0.753. The number of nitrogen functional groups attached to an aromatic ring is 1. The number of amides is 1. The molecule has 1 atom stereocenters. The number of rotatable bonds is 7. The van der Waals surface area contributed by atoms with Gasteiger partial charge in [-0.15, -0.1) is 0 Å². The van der Waals surface area contributed by atoms with Gasteiger partial charge in [0.2, 0.25) is 0 Å². The number of benzene rings is 1. The van der Waals surface area contributed by atoms with E-state index in [1.807, 2.05) is 6.26 Å². The van der Waals surface area contributed by atoms with Gasteiger partial charge in [0.1, 0.15) is 0 Å². The first-order valence-corrected chi connectivity index (χ1v) is 7.71. The Hall–Kier alpha value is -1.56. The first kappa shape index (κ1) is 16.5. The predicted octanol–water partition coefficient (Wildman–Crippen LogP) is 2.01. The van der Waals surface area contributed by atoms with Gasteiger partial charge in [0.05, 0.1) is 19.8 Å². The Bertz CT molecular complexity index is 466. The Labute approximate surface area is 124 Å². The lowest BCUT2D eigenvalue weighted by Gasteiger charge is -2.14. The molecule has 0 heterocycles. The number of anilines is 1. The number of methoxy groups -OCH3 is 2. The zero-order valence-corrected chi connectivity index (χ0v) is 13.2. The van der Waals surface area contributed by atoms with Crippen LogP contribution in [0.25, 0.3) is 0 Å². The molecule has 0 saturated carbocycles. The summed E-state index contributed by atoms with van der Waals surface area (Å²) in [6.07, 6.45) is 2.05. The van der Waals surface area contributed by atoms with Gasteiger partial charge in [0.15, 0.2) is 11.5 Å². The lowest BCUT2D eigenvalue weighted by molar-refractivity contribution is 0.0950. The van der Waals surface area contributed by atoms with Crippen LogP contribution in [0.5, 0.6) is 11.5 Å². The number of hydrogen-bond acceptors (Lipinski definition) is 5. The highest BCUT2D eigenvalue weighted by Gasteiger charge is 2.15. The van der Waals surface area contributed by atoms with Crippen molar-refractivity contribution in [3.63, 3.8) is 0 Å². The van der Waals surface area contributed by atoms with Crippen LogP contribution in [0.4, 0.5) is 5.69 Å². The highest BCUT2D eigenvalue weighted by atomic mass is 32.2. The fraction of sp³-hybridized carbons (Fsp3) is 0.500. The molecular weight excluding hydrogens is 276 g/mol. The second-order valence-corrected chi connectivity index (χ2v) is 5.48. The lowest BCUT2D eigenvalue weighted by Crippen LogP contribution is -2.29. The van der Waals surface area contributed by atoms with Crippen molar-refractivity contribution < 1.29 is 14.3 Å². The standard InChI is InChI=1S/C14H22N2O3S/c1-9(8-20-4)7-16-14(17)10-5-12(18-2)13(19-3)6-11(10)15/h5-6,9H,7-8,15H2,1-4H3,(H,16,17). The summed E-state index contributed by atoms with van der Waals surface area (Å²) < 4.78 is 10.3. The molecule has 1 rings (SSSR count). The molecule has 0 fully saturated rings. The first-order valence-electron chi connectivity index (χ1n) is 6.32. The molecule has 6 heteroatoms. The van der Waals surface area contributed by atoms with Crippen LogP contribution in [0.15, 0.2) is 12.1 Å². The van der Waals surface area contributed by atoms with Crippen molar-refractivity contribution in [2.45, 2.75) is 6.92 Å². The molecule has 3 N–H and O–H groups in total. The van der Waals surface area contributed by atoms with Crippen LogP contribution in [0.2, 0.25) is 0 Å². The minimum absolute atomic E-state index is 0.198. The maximum absolute atomic E-state index is 12.1. The predicted molar refractivity (Wildman–Crippen MR) is 83.8 cm³/mol. The van der Waals surface area contributed by atoms with E-state index in [1.54, 1.807) is 23.9 Å². The molecule has 0 radical (unpaired) electrons. The monoisotopic (exact) mass is 298 g/mol. The van der Waals surface area contributed by atoms with E-state index in [2.05, 4.69) is 12.2 Å². The topological polar surface area (TPSA) is 73.6 Å². The number of nitrogens with two attached hydrogens (primary N) is 1. The van der Waals surface area contributed by atoms with E-state index < -0.39 is 0 Å². The fourth-order valence-electron chi connectivity index (χ4n) is 1.80. The molecule has 0 spiro atoms. The normalized spacial score (nSPS) is 11.8. The summed E-state index contributed by atoms with van der Waals surface area (Å²) in [5, 5.41) is 2.88. The largest absolute Gasteiger partial charge is 0.493 e. The van der Waals surface area contributed by atoms with E-state index in [0.29, 0.717) is 35.2 Å². The molecule has 1 aromatic carbocycles. The molecule has 0 aliphatic carbocycles. The van der Waals surface area contributed by atoms with Gasteiger partial charge < -0.3 is 20.5 Å². The average Bonchev–Trinajstić information content (AvgIpc) is 2.44. The Morgan fingerprint density at radius 2 is 1.95 bits per heavy atom. The summed E-state index contributed by atoms with van der Waals surface area (Å²) >= 11 is 1.76. The molecule has 1 unspecified atom stereocenters. The third-order valence-electron chi connectivity index (χ3n) is 2.86. The van der Waals surface area contributed by atoms with Gasteiger partial charge in [-0.2, -0.15) is 11.8 Å². The van der Waals surface area contributed by atoms with Crippen molar-refractivity contribution in [3.05, 3.63) is 17.7 Å². The summed E-state index contributed by atoms with van der Waals surface area (Å²) in [5.41, 5.74) is 6.66. The molecule has 0 aliphatic rings. The smallest absolute Gasteiger partial charge is 0.253 e. The molecule has 0 aromatic heterocycles.